The molecule has 0 fully saturated rings. The van der Waals surface area contributed by atoms with Gasteiger partial charge in [-0.3, -0.25) is 4.79 Å². The van der Waals surface area contributed by atoms with Crippen LogP contribution >= 0.6 is 0 Å². The number of carbonyl (C=O) groups excluding carboxylic acids is 1. The highest BCUT2D eigenvalue weighted by Crippen LogP contribution is 2.12. The zero-order chi connectivity index (χ0) is 10.5. The summed E-state index contributed by atoms with van der Waals surface area (Å²) in [6.45, 7) is 3.49. The van der Waals surface area contributed by atoms with Gasteiger partial charge < -0.3 is 14.2 Å². The van der Waals surface area contributed by atoms with E-state index in [9.17, 15) is 4.79 Å². The molecule has 0 saturated carbocycles. The molecule has 0 aliphatic heterocycles. The van der Waals surface area contributed by atoms with Gasteiger partial charge in [-0.15, -0.1) is 6.58 Å². The van der Waals surface area contributed by atoms with Crippen molar-refractivity contribution in [2.45, 2.75) is 11.5 Å². The Hall–Kier alpha value is -0.493. The van der Waals surface area contributed by atoms with E-state index in [-0.39, 0.29) is 5.78 Å². The Morgan fingerprint density at radius 3 is 2.15 bits per heavy atom. The molecule has 0 aromatic heterocycles. The summed E-state index contributed by atoms with van der Waals surface area (Å²) < 4.78 is 14.9. The van der Waals surface area contributed by atoms with Crippen LogP contribution in [0.3, 0.4) is 0 Å². The quantitative estimate of drug-likeness (QED) is 0.318. The van der Waals surface area contributed by atoms with E-state index in [1.807, 2.05) is 0 Å². The van der Waals surface area contributed by atoms with Crippen molar-refractivity contribution < 1.29 is 19.0 Å². The molecule has 76 valence electrons. The van der Waals surface area contributed by atoms with Crippen molar-refractivity contribution in [2.75, 3.05) is 21.3 Å². The Kier molecular flexibility index (Phi) is 5.08. The highest BCUT2D eigenvalue weighted by Gasteiger charge is 2.36. The lowest BCUT2D eigenvalue weighted by Crippen LogP contribution is -2.48. The summed E-state index contributed by atoms with van der Waals surface area (Å²) in [6, 6.07) is 0. The number of methoxy groups -OCH3 is 3. The van der Waals surface area contributed by atoms with Crippen molar-refractivity contribution in [3.05, 3.63) is 12.7 Å². The minimum absolute atomic E-state index is 0.248. The highest BCUT2D eigenvalue weighted by atomic mass is 28.1. The molecule has 0 aliphatic carbocycles. The maximum Gasteiger partial charge on any atom is 0.218 e. The van der Waals surface area contributed by atoms with E-state index >= 15 is 0 Å². The fourth-order valence-corrected chi connectivity index (χ4v) is 1.14. The lowest BCUT2D eigenvalue weighted by molar-refractivity contribution is -0.179. The molecule has 4 nitrogen and oxygen atoms in total. The summed E-state index contributed by atoms with van der Waals surface area (Å²) in [7, 11) is 4.75. The first-order valence-electron chi connectivity index (χ1n) is 3.85. The molecule has 0 rings (SSSR count). The largest absolute Gasteiger partial charge is 0.369 e. The van der Waals surface area contributed by atoms with Crippen LogP contribution in [0.15, 0.2) is 12.7 Å². The summed E-state index contributed by atoms with van der Waals surface area (Å²) in [4.78, 5) is 11.7. The van der Waals surface area contributed by atoms with Crippen LogP contribution < -0.4 is 0 Å². The molecule has 1 atom stereocenters. The van der Waals surface area contributed by atoms with Crippen LogP contribution in [-0.4, -0.2) is 48.9 Å². The third-order valence-electron chi connectivity index (χ3n) is 1.95. The maximum atomic E-state index is 11.7. The van der Waals surface area contributed by atoms with Crippen LogP contribution in [-0.2, 0) is 19.0 Å². The smallest absolute Gasteiger partial charge is 0.218 e. The number of ether oxygens (including phenoxy) is 3. The second kappa shape index (κ2) is 5.28. The van der Waals surface area contributed by atoms with Gasteiger partial charge >= 0.3 is 0 Å². The lowest BCUT2D eigenvalue weighted by atomic mass is 10.2. The molecule has 0 N–H and O–H groups in total. The van der Waals surface area contributed by atoms with Gasteiger partial charge in [-0.25, -0.2) is 0 Å². The van der Waals surface area contributed by atoms with Crippen LogP contribution in [0.4, 0.5) is 0 Å². The summed E-state index contributed by atoms with van der Waals surface area (Å²) in [5, 5.41) is 0. The van der Waals surface area contributed by atoms with Gasteiger partial charge in [0.25, 0.3) is 0 Å². The summed E-state index contributed by atoms with van der Waals surface area (Å²) in [5.41, 5.74) is -1.13. The molecule has 0 radical (unpaired) electrons. The highest BCUT2D eigenvalue weighted by molar-refractivity contribution is 6.27. The van der Waals surface area contributed by atoms with Crippen molar-refractivity contribution in [2.24, 2.45) is 0 Å². The molecule has 0 heterocycles. The number of carbonyl (C=O) groups is 1. The molecule has 1 unspecified atom stereocenters. The Morgan fingerprint density at radius 2 is 1.92 bits per heavy atom. The van der Waals surface area contributed by atoms with E-state index in [2.05, 4.69) is 6.58 Å². The second-order valence-corrected chi connectivity index (χ2v) is 3.93. The molecule has 5 heteroatoms. The minimum atomic E-state index is -1.13. The molecular weight excluding hydrogens is 188 g/mol. The Balaban J connectivity index is 4.62. The average molecular weight is 204 g/mol. The molecule has 0 spiro atoms. The van der Waals surface area contributed by atoms with Crippen LogP contribution in [0.2, 0.25) is 0 Å². The third kappa shape index (κ3) is 2.73. The molecule has 0 aliphatic rings. The van der Waals surface area contributed by atoms with Gasteiger partial charge in [-0.2, -0.15) is 0 Å². The van der Waals surface area contributed by atoms with Crippen LogP contribution in [0.5, 0.6) is 0 Å². The van der Waals surface area contributed by atoms with Crippen molar-refractivity contribution in [3.63, 3.8) is 0 Å². The van der Waals surface area contributed by atoms with Gasteiger partial charge in [0.2, 0.25) is 11.2 Å². The van der Waals surface area contributed by atoms with Crippen LogP contribution in [0.25, 0.3) is 0 Å². The van der Waals surface area contributed by atoms with Crippen molar-refractivity contribution in [3.8, 4) is 0 Å². The van der Waals surface area contributed by atoms with Crippen molar-refractivity contribution in [1.29, 1.82) is 0 Å². The van der Waals surface area contributed by atoms with Gasteiger partial charge in [0.1, 0.15) is 6.10 Å². The van der Waals surface area contributed by atoms with E-state index in [1.165, 1.54) is 27.4 Å². The number of hydrogen-bond acceptors (Lipinski definition) is 4. The molecule has 0 bridgehead atoms. The number of ketones is 1. The van der Waals surface area contributed by atoms with Crippen molar-refractivity contribution in [1.82, 2.24) is 0 Å². The van der Waals surface area contributed by atoms with Crippen LogP contribution in [0.1, 0.15) is 0 Å². The van der Waals surface area contributed by atoms with Gasteiger partial charge in [0, 0.05) is 21.3 Å². The normalized spacial score (nSPS) is 14.1. The van der Waals surface area contributed by atoms with E-state index < -0.39 is 11.5 Å². The van der Waals surface area contributed by atoms with E-state index in [4.69, 9.17) is 14.2 Å². The molecular formula is C8H16O4Si. The first-order valence-corrected chi connectivity index (χ1v) is 4.85. The predicted octanol–water partition coefficient (Wildman–Crippen LogP) is -0.932. The van der Waals surface area contributed by atoms with Crippen molar-refractivity contribution >= 4 is 16.0 Å². The standard InChI is InChI=1S/C8H16O4Si/c1-5-6(10-2)7(9)8(13,11-3)12-4/h5-6H,1H2,2-4,13H3. The zero-order valence-corrected chi connectivity index (χ0v) is 10.5. The minimum Gasteiger partial charge on any atom is -0.369 e. The number of Topliss-reactive ketones (excluding diaryl/α,β-unsaturated/α-hetero) is 1. The Bertz CT molecular complexity index is 189. The fourth-order valence-electron chi connectivity index (χ4n) is 0.853. The molecule has 13 heavy (non-hydrogen) atoms. The van der Waals surface area contributed by atoms with Gasteiger partial charge in [0.05, 0.1) is 10.2 Å². The van der Waals surface area contributed by atoms with Crippen LogP contribution in [0, 0.1) is 0 Å². The number of hydrogen-bond donors (Lipinski definition) is 0. The molecule has 0 saturated heterocycles. The summed E-state index contributed by atoms with van der Waals surface area (Å²) in [5.74, 6) is -0.248. The Morgan fingerprint density at radius 1 is 1.46 bits per heavy atom. The lowest BCUT2D eigenvalue weighted by Gasteiger charge is -2.27. The Labute approximate surface area is 81.3 Å². The van der Waals surface area contributed by atoms with E-state index in [0.29, 0.717) is 10.2 Å². The maximum absolute atomic E-state index is 11.7. The number of rotatable bonds is 6. The topological polar surface area (TPSA) is 44.8 Å². The average Bonchev–Trinajstić information content (AvgIpc) is 2.18. The fraction of sp³-hybridized carbons (Fsp3) is 0.625. The molecule has 0 amide bonds. The van der Waals surface area contributed by atoms with Gasteiger partial charge in [-0.1, -0.05) is 6.08 Å². The van der Waals surface area contributed by atoms with Gasteiger partial charge in [0.15, 0.2) is 0 Å². The van der Waals surface area contributed by atoms with E-state index in [1.54, 1.807) is 0 Å². The first-order chi connectivity index (χ1) is 6.05. The van der Waals surface area contributed by atoms with Gasteiger partial charge in [-0.05, 0) is 0 Å². The van der Waals surface area contributed by atoms with E-state index in [0.717, 1.165) is 0 Å². The predicted molar refractivity (Wildman–Crippen MR) is 52.7 cm³/mol. The SMILES string of the molecule is C=CC(OC)C(=O)C([SiH3])(OC)OC. The molecule has 0 aromatic carbocycles. The first kappa shape index (κ1) is 12.5. The molecule has 0 aromatic rings. The summed E-state index contributed by atoms with van der Waals surface area (Å²) >= 11 is 0. The zero-order valence-electron chi connectivity index (χ0n) is 8.49. The second-order valence-electron chi connectivity index (χ2n) is 2.61. The third-order valence-corrected chi connectivity index (χ3v) is 3.26. The summed E-state index contributed by atoms with van der Waals surface area (Å²) in [6.07, 6.45) is 0.755. The monoisotopic (exact) mass is 204 g/mol.